The first-order valence-electron chi connectivity index (χ1n) is 11.5. The molecule has 0 aromatic heterocycles. The van der Waals surface area contributed by atoms with Gasteiger partial charge in [0.1, 0.15) is 5.70 Å². The van der Waals surface area contributed by atoms with Crippen LogP contribution in [0.5, 0.6) is 0 Å². The molecule has 1 heterocycles. The van der Waals surface area contributed by atoms with Crippen LogP contribution in [0.1, 0.15) is 21.5 Å². The van der Waals surface area contributed by atoms with E-state index in [1.165, 1.54) is 0 Å². The molecule has 0 atom stereocenters. The number of rotatable bonds is 4. The van der Waals surface area contributed by atoms with E-state index < -0.39 is 0 Å². The van der Waals surface area contributed by atoms with E-state index in [2.05, 4.69) is 23.5 Å². The largest absolute Gasteiger partial charge is 0.378 e. The maximum atomic E-state index is 13.6. The van der Waals surface area contributed by atoms with E-state index in [0.29, 0.717) is 31.9 Å². The van der Waals surface area contributed by atoms with Crippen LogP contribution in [0, 0.1) is 6.92 Å². The number of morpholine rings is 1. The Kier molecular flexibility index (Phi) is 6.11. The van der Waals surface area contributed by atoms with Gasteiger partial charge in [-0.3, -0.25) is 9.59 Å². The van der Waals surface area contributed by atoms with Crippen molar-refractivity contribution in [1.82, 2.24) is 10.2 Å². The number of carbonyl (C=O) groups excluding carboxylic acids is 2. The van der Waals surface area contributed by atoms with E-state index in [1.54, 1.807) is 17.0 Å². The van der Waals surface area contributed by atoms with Crippen molar-refractivity contribution in [2.45, 2.75) is 6.92 Å². The molecule has 5 heteroatoms. The first kappa shape index (κ1) is 21.9. The van der Waals surface area contributed by atoms with Crippen LogP contribution >= 0.6 is 0 Å². The molecule has 34 heavy (non-hydrogen) atoms. The molecule has 1 aliphatic heterocycles. The smallest absolute Gasteiger partial charge is 0.270 e. The number of hydrogen-bond donors (Lipinski definition) is 1. The van der Waals surface area contributed by atoms with Gasteiger partial charge in [0, 0.05) is 18.7 Å². The summed E-state index contributed by atoms with van der Waals surface area (Å²) in [5.74, 6) is -0.516. The number of nitrogens with zero attached hydrogens (tertiary/aromatic N) is 1. The van der Waals surface area contributed by atoms with Crippen molar-refractivity contribution in [3.63, 3.8) is 0 Å². The minimum Gasteiger partial charge on any atom is -0.378 e. The first-order valence-corrected chi connectivity index (χ1v) is 11.5. The van der Waals surface area contributed by atoms with Gasteiger partial charge in [0.15, 0.2) is 0 Å². The summed E-state index contributed by atoms with van der Waals surface area (Å²) in [7, 11) is 0. The second-order valence-electron chi connectivity index (χ2n) is 8.52. The molecule has 0 radical (unpaired) electrons. The lowest BCUT2D eigenvalue weighted by Crippen LogP contribution is -2.44. The van der Waals surface area contributed by atoms with Crippen LogP contribution in [0.2, 0.25) is 0 Å². The topological polar surface area (TPSA) is 58.6 Å². The third-order valence-electron chi connectivity index (χ3n) is 6.19. The van der Waals surface area contributed by atoms with Gasteiger partial charge in [-0.25, -0.2) is 0 Å². The highest BCUT2D eigenvalue weighted by Gasteiger charge is 2.23. The Morgan fingerprint density at radius 2 is 1.44 bits per heavy atom. The Morgan fingerprint density at radius 3 is 2.06 bits per heavy atom. The maximum Gasteiger partial charge on any atom is 0.270 e. The monoisotopic (exact) mass is 450 g/mol. The molecule has 0 spiro atoms. The van der Waals surface area contributed by atoms with Crippen molar-refractivity contribution >= 4 is 39.4 Å². The summed E-state index contributed by atoms with van der Waals surface area (Å²) in [6.45, 7) is 3.94. The van der Waals surface area contributed by atoms with Crippen LogP contribution in [0.25, 0.3) is 27.6 Å². The summed E-state index contributed by atoms with van der Waals surface area (Å²) >= 11 is 0. The highest BCUT2D eigenvalue weighted by Crippen LogP contribution is 2.30. The van der Waals surface area contributed by atoms with Crippen molar-refractivity contribution in [1.29, 1.82) is 0 Å². The second-order valence-corrected chi connectivity index (χ2v) is 8.52. The quantitative estimate of drug-likeness (QED) is 0.354. The van der Waals surface area contributed by atoms with E-state index in [4.69, 9.17) is 4.74 Å². The Labute approximate surface area is 198 Å². The lowest BCUT2D eigenvalue weighted by molar-refractivity contribution is -0.131. The fourth-order valence-electron chi connectivity index (χ4n) is 4.34. The van der Waals surface area contributed by atoms with Gasteiger partial charge in [-0.2, -0.15) is 0 Å². The van der Waals surface area contributed by atoms with Crippen molar-refractivity contribution in [3.05, 3.63) is 101 Å². The second kappa shape index (κ2) is 9.49. The average molecular weight is 451 g/mol. The van der Waals surface area contributed by atoms with Gasteiger partial charge in [0.05, 0.1) is 13.2 Å². The number of ether oxygens (including phenoxy) is 1. The predicted octanol–water partition coefficient (Wildman–Crippen LogP) is 4.93. The molecule has 4 aromatic carbocycles. The number of carbonyl (C=O) groups is 2. The fourth-order valence-corrected chi connectivity index (χ4v) is 4.34. The third-order valence-corrected chi connectivity index (χ3v) is 6.19. The zero-order valence-corrected chi connectivity index (χ0v) is 19.1. The van der Waals surface area contributed by atoms with Gasteiger partial charge >= 0.3 is 0 Å². The molecule has 0 saturated carbocycles. The van der Waals surface area contributed by atoms with E-state index in [0.717, 1.165) is 32.7 Å². The van der Waals surface area contributed by atoms with Crippen molar-refractivity contribution in [2.75, 3.05) is 26.3 Å². The van der Waals surface area contributed by atoms with Crippen molar-refractivity contribution in [2.24, 2.45) is 0 Å². The van der Waals surface area contributed by atoms with Crippen LogP contribution < -0.4 is 5.32 Å². The molecular weight excluding hydrogens is 424 g/mol. The van der Waals surface area contributed by atoms with Crippen LogP contribution in [0.3, 0.4) is 0 Å². The zero-order valence-electron chi connectivity index (χ0n) is 19.1. The lowest BCUT2D eigenvalue weighted by atomic mass is 9.96. The number of hydrogen-bond acceptors (Lipinski definition) is 3. The van der Waals surface area contributed by atoms with Gasteiger partial charge < -0.3 is 15.0 Å². The average Bonchev–Trinajstić information content (AvgIpc) is 2.88. The number of nitrogens with one attached hydrogen (secondary N) is 1. The van der Waals surface area contributed by atoms with E-state index in [1.807, 2.05) is 61.5 Å². The predicted molar refractivity (Wildman–Crippen MR) is 135 cm³/mol. The summed E-state index contributed by atoms with van der Waals surface area (Å²) in [6.07, 6.45) is 1.83. The van der Waals surface area contributed by atoms with Crippen molar-refractivity contribution < 1.29 is 14.3 Å². The Morgan fingerprint density at radius 1 is 0.853 bits per heavy atom. The van der Waals surface area contributed by atoms with E-state index >= 15 is 0 Å². The van der Waals surface area contributed by atoms with Crippen LogP contribution in [0.15, 0.2) is 84.6 Å². The number of benzene rings is 4. The molecule has 1 saturated heterocycles. The van der Waals surface area contributed by atoms with Gasteiger partial charge in [0.2, 0.25) is 0 Å². The minimum absolute atomic E-state index is 0.208. The zero-order chi connectivity index (χ0) is 23.5. The van der Waals surface area contributed by atoms with Gasteiger partial charge in [-0.05, 0) is 58.3 Å². The molecule has 1 N–H and O–H groups in total. The molecule has 1 aliphatic rings. The summed E-state index contributed by atoms with van der Waals surface area (Å²) in [4.78, 5) is 28.4. The molecule has 0 unspecified atom stereocenters. The van der Waals surface area contributed by atoms with Gasteiger partial charge in [-0.15, -0.1) is 0 Å². The Bertz CT molecular complexity index is 1350. The summed E-state index contributed by atoms with van der Waals surface area (Å²) in [5, 5.41) is 7.13. The van der Waals surface area contributed by atoms with Crippen LogP contribution in [-0.4, -0.2) is 43.0 Å². The number of aryl methyl sites for hydroxylation is 1. The summed E-state index contributed by atoms with van der Waals surface area (Å²) < 4.78 is 5.42. The van der Waals surface area contributed by atoms with Crippen LogP contribution in [-0.2, 0) is 9.53 Å². The molecule has 170 valence electrons. The highest BCUT2D eigenvalue weighted by molar-refractivity contribution is 6.11. The summed E-state index contributed by atoms with van der Waals surface area (Å²) in [6, 6.07) is 25.7. The van der Waals surface area contributed by atoms with Gasteiger partial charge in [0.25, 0.3) is 11.8 Å². The van der Waals surface area contributed by atoms with Gasteiger partial charge in [-0.1, -0.05) is 66.2 Å². The van der Waals surface area contributed by atoms with Crippen molar-refractivity contribution in [3.8, 4) is 0 Å². The number of fused-ring (bicyclic) bond motifs is 2. The Hall–Kier alpha value is -3.96. The summed E-state index contributed by atoms with van der Waals surface area (Å²) in [5.41, 5.74) is 2.75. The third kappa shape index (κ3) is 4.43. The first-order chi connectivity index (χ1) is 16.6. The molecule has 5 rings (SSSR count). The maximum absolute atomic E-state index is 13.6. The molecule has 5 nitrogen and oxygen atoms in total. The molecule has 4 aromatic rings. The molecular formula is C29H26N2O3. The van der Waals surface area contributed by atoms with E-state index in [-0.39, 0.29) is 17.5 Å². The molecule has 0 bridgehead atoms. The standard InChI is InChI=1S/C29H26N2O3/c1-20-10-12-21(13-11-20)28(32)30-27(29(33)31-14-16-34-17-15-31)19-26-24-8-4-2-6-22(24)18-23-7-3-5-9-25(23)26/h2-13,18-19H,14-17H2,1H3,(H,30,32). The fraction of sp³-hybridized carbons (Fsp3) is 0.172. The molecule has 1 fully saturated rings. The molecule has 0 aliphatic carbocycles. The SMILES string of the molecule is Cc1ccc(C(=O)NC(=Cc2c3ccccc3cc3ccccc23)C(=O)N2CCOCC2)cc1. The van der Waals surface area contributed by atoms with Crippen LogP contribution in [0.4, 0.5) is 0 Å². The van der Waals surface area contributed by atoms with E-state index in [9.17, 15) is 9.59 Å². The highest BCUT2D eigenvalue weighted by atomic mass is 16.5. The molecule has 2 amide bonds. The number of amides is 2. The Balaban J connectivity index is 1.64. The minimum atomic E-state index is -0.308. The lowest BCUT2D eigenvalue weighted by Gasteiger charge is -2.28. The normalized spacial score (nSPS) is 14.4.